The third-order valence-corrected chi connectivity index (χ3v) is 3.15. The smallest absolute Gasteiger partial charge is 0.337 e. The summed E-state index contributed by atoms with van der Waals surface area (Å²) in [7, 11) is 0. The van der Waals surface area contributed by atoms with Gasteiger partial charge in [-0.3, -0.25) is 0 Å². The largest absolute Gasteiger partial charge is 0.478 e. The molecule has 1 aromatic carbocycles. The molecule has 0 unspecified atom stereocenters. The first kappa shape index (κ1) is 10.2. The van der Waals surface area contributed by atoms with Crippen molar-refractivity contribution in [2.75, 3.05) is 5.73 Å². The van der Waals surface area contributed by atoms with Crippen LogP contribution in [0.2, 0.25) is 0 Å². The molecule has 3 N–H and O–H groups in total. The molecule has 0 radical (unpaired) electrons. The molecule has 0 aliphatic heterocycles. The number of anilines is 1. The molecule has 3 nitrogen and oxygen atoms in total. The molecule has 0 spiro atoms. The maximum atomic E-state index is 10.9. The summed E-state index contributed by atoms with van der Waals surface area (Å²) >= 11 is 3.37. The number of nitrogen functional groups attached to an aromatic ring is 1. The van der Waals surface area contributed by atoms with E-state index >= 15 is 0 Å². The number of carboxylic acids is 1. The van der Waals surface area contributed by atoms with Crippen LogP contribution < -0.4 is 16.2 Å². The van der Waals surface area contributed by atoms with E-state index in [0.717, 1.165) is 27.8 Å². The van der Waals surface area contributed by atoms with Gasteiger partial charge in [0.05, 0.1) is 11.3 Å². The lowest BCUT2D eigenvalue weighted by Crippen LogP contribution is -2.32. The fourth-order valence-corrected chi connectivity index (χ4v) is 2.37. The SMILES string of the molecule is Nc1c(C(=O)O)cc(Br)c2c1=CCCC=2. The Morgan fingerprint density at radius 3 is 2.53 bits per heavy atom. The van der Waals surface area contributed by atoms with Crippen molar-refractivity contribution in [3.63, 3.8) is 0 Å². The standard InChI is InChI=1S/C11H10BrNO2/c12-9-5-8(11(14)15)10(13)7-4-2-1-3-6(7)9/h3-5H,1-2,13H2,(H,14,15). The molecule has 0 saturated carbocycles. The molecule has 1 aromatic rings. The lowest BCUT2D eigenvalue weighted by molar-refractivity contribution is 0.0698. The van der Waals surface area contributed by atoms with Gasteiger partial charge in [0.2, 0.25) is 0 Å². The second-order valence-corrected chi connectivity index (χ2v) is 4.29. The van der Waals surface area contributed by atoms with Crippen LogP contribution in [0.25, 0.3) is 12.2 Å². The molecular weight excluding hydrogens is 258 g/mol. The van der Waals surface area contributed by atoms with E-state index < -0.39 is 5.97 Å². The van der Waals surface area contributed by atoms with Crippen molar-refractivity contribution in [3.05, 3.63) is 26.5 Å². The van der Waals surface area contributed by atoms with Crippen LogP contribution in [0.15, 0.2) is 10.5 Å². The number of aromatic carboxylic acids is 1. The summed E-state index contributed by atoms with van der Waals surface area (Å²) in [6, 6.07) is 1.56. The van der Waals surface area contributed by atoms with Crippen LogP contribution in [0.3, 0.4) is 0 Å². The zero-order valence-corrected chi connectivity index (χ0v) is 9.54. The number of halogens is 1. The van der Waals surface area contributed by atoms with Crippen LogP contribution >= 0.6 is 15.9 Å². The number of carboxylic acid groups (broad SMARTS) is 1. The van der Waals surface area contributed by atoms with Crippen molar-refractivity contribution in [1.82, 2.24) is 0 Å². The minimum absolute atomic E-state index is 0.159. The van der Waals surface area contributed by atoms with Crippen LogP contribution in [0.1, 0.15) is 23.2 Å². The van der Waals surface area contributed by atoms with Gasteiger partial charge in [0.15, 0.2) is 0 Å². The van der Waals surface area contributed by atoms with E-state index in [1.54, 1.807) is 6.07 Å². The maximum absolute atomic E-state index is 10.9. The number of carbonyl (C=O) groups is 1. The lowest BCUT2D eigenvalue weighted by atomic mass is 10.0. The van der Waals surface area contributed by atoms with Crippen LogP contribution in [-0.2, 0) is 0 Å². The van der Waals surface area contributed by atoms with Crippen molar-refractivity contribution < 1.29 is 9.90 Å². The van der Waals surface area contributed by atoms with Gasteiger partial charge in [0, 0.05) is 9.69 Å². The molecule has 15 heavy (non-hydrogen) atoms. The number of hydrogen-bond donors (Lipinski definition) is 2. The average molecular weight is 268 g/mol. The fourth-order valence-electron chi connectivity index (χ4n) is 1.76. The highest BCUT2D eigenvalue weighted by Gasteiger charge is 2.12. The molecule has 78 valence electrons. The topological polar surface area (TPSA) is 63.3 Å². The monoisotopic (exact) mass is 267 g/mol. The van der Waals surface area contributed by atoms with Crippen LogP contribution in [0.4, 0.5) is 5.69 Å². The fraction of sp³-hybridized carbons (Fsp3) is 0.182. The molecular formula is C11H10BrNO2. The Hall–Kier alpha value is -1.29. The Balaban J connectivity index is 2.89. The summed E-state index contributed by atoms with van der Waals surface area (Å²) in [4.78, 5) is 10.9. The van der Waals surface area contributed by atoms with Gasteiger partial charge in [-0.25, -0.2) is 4.79 Å². The highest BCUT2D eigenvalue weighted by molar-refractivity contribution is 9.10. The van der Waals surface area contributed by atoms with Gasteiger partial charge in [-0.1, -0.05) is 28.1 Å². The summed E-state index contributed by atoms with van der Waals surface area (Å²) < 4.78 is 0.792. The number of nitrogens with two attached hydrogens (primary N) is 1. The van der Waals surface area contributed by atoms with Crippen LogP contribution in [-0.4, -0.2) is 11.1 Å². The Morgan fingerprint density at radius 1 is 1.33 bits per heavy atom. The summed E-state index contributed by atoms with van der Waals surface area (Å²) in [5.74, 6) is -0.991. The van der Waals surface area contributed by atoms with E-state index in [1.807, 2.05) is 6.08 Å². The van der Waals surface area contributed by atoms with E-state index in [2.05, 4.69) is 22.0 Å². The van der Waals surface area contributed by atoms with Gasteiger partial charge >= 0.3 is 5.97 Å². The highest BCUT2D eigenvalue weighted by Crippen LogP contribution is 2.13. The second-order valence-electron chi connectivity index (χ2n) is 3.44. The first-order valence-electron chi connectivity index (χ1n) is 4.63. The van der Waals surface area contributed by atoms with E-state index in [9.17, 15) is 4.79 Å². The van der Waals surface area contributed by atoms with E-state index in [-0.39, 0.29) is 5.56 Å². The molecule has 0 saturated heterocycles. The van der Waals surface area contributed by atoms with Crippen molar-refractivity contribution in [2.45, 2.75) is 12.8 Å². The average Bonchev–Trinajstić information content (AvgIpc) is 2.23. The third-order valence-electron chi connectivity index (χ3n) is 2.49. The van der Waals surface area contributed by atoms with Gasteiger partial charge in [-0.05, 0) is 24.1 Å². The van der Waals surface area contributed by atoms with Crippen molar-refractivity contribution in [2.24, 2.45) is 0 Å². The zero-order valence-electron chi connectivity index (χ0n) is 7.96. The van der Waals surface area contributed by atoms with Crippen molar-refractivity contribution in [3.8, 4) is 0 Å². The second kappa shape index (κ2) is 3.70. The first-order chi connectivity index (χ1) is 7.11. The number of fused-ring (bicyclic) bond motifs is 1. The summed E-state index contributed by atoms with van der Waals surface area (Å²) in [6.07, 6.45) is 5.94. The van der Waals surface area contributed by atoms with Gasteiger partial charge in [-0.15, -0.1) is 0 Å². The molecule has 2 rings (SSSR count). The maximum Gasteiger partial charge on any atom is 0.337 e. The molecule has 0 amide bonds. The molecule has 0 bridgehead atoms. The normalized spacial score (nSPS) is 13.7. The third kappa shape index (κ3) is 1.65. The highest BCUT2D eigenvalue weighted by atomic mass is 79.9. The number of hydrogen-bond acceptors (Lipinski definition) is 2. The Morgan fingerprint density at radius 2 is 1.93 bits per heavy atom. The minimum Gasteiger partial charge on any atom is -0.478 e. The molecule has 0 aromatic heterocycles. The number of benzene rings is 1. The van der Waals surface area contributed by atoms with E-state index in [0.29, 0.717) is 5.69 Å². The van der Waals surface area contributed by atoms with Gasteiger partial charge in [-0.2, -0.15) is 0 Å². The van der Waals surface area contributed by atoms with Crippen molar-refractivity contribution >= 4 is 39.7 Å². The van der Waals surface area contributed by atoms with Crippen LogP contribution in [0, 0.1) is 0 Å². The quantitative estimate of drug-likeness (QED) is 0.749. The van der Waals surface area contributed by atoms with Crippen molar-refractivity contribution in [1.29, 1.82) is 0 Å². The molecule has 1 aliphatic rings. The molecule has 1 aliphatic carbocycles. The lowest BCUT2D eigenvalue weighted by Gasteiger charge is -2.08. The van der Waals surface area contributed by atoms with Gasteiger partial charge in [0.1, 0.15) is 0 Å². The van der Waals surface area contributed by atoms with Crippen LogP contribution in [0.5, 0.6) is 0 Å². The number of rotatable bonds is 1. The Kier molecular flexibility index (Phi) is 2.52. The summed E-state index contributed by atoms with van der Waals surface area (Å²) in [6.45, 7) is 0. The zero-order chi connectivity index (χ0) is 11.0. The minimum atomic E-state index is -0.991. The molecule has 0 atom stereocenters. The molecule has 0 fully saturated rings. The molecule has 4 heteroatoms. The molecule has 0 heterocycles. The summed E-state index contributed by atoms with van der Waals surface area (Å²) in [5, 5.41) is 10.8. The van der Waals surface area contributed by atoms with Gasteiger partial charge in [0.25, 0.3) is 0 Å². The predicted molar refractivity (Wildman–Crippen MR) is 62.9 cm³/mol. The Labute approximate surface area is 95.0 Å². The Bertz CT molecular complexity index is 549. The van der Waals surface area contributed by atoms with Gasteiger partial charge < -0.3 is 10.8 Å². The predicted octanol–water partition coefficient (Wildman–Crippen LogP) is 1.08. The van der Waals surface area contributed by atoms with E-state index in [4.69, 9.17) is 10.8 Å². The summed E-state index contributed by atoms with van der Waals surface area (Å²) in [5.41, 5.74) is 6.34. The first-order valence-corrected chi connectivity index (χ1v) is 5.42. The van der Waals surface area contributed by atoms with E-state index in [1.165, 1.54) is 0 Å².